The minimum Gasteiger partial charge on any atom is -0.336 e. The largest absolute Gasteiger partial charge is 0.336 e. The fourth-order valence-corrected chi connectivity index (χ4v) is 3.15. The molecule has 23 heavy (non-hydrogen) atoms. The van der Waals surface area contributed by atoms with Crippen LogP contribution in [0.1, 0.15) is 6.92 Å². The standard InChI is InChI=1S/C19H20N4/c1-14-13-20-11-12-23(14)19-21-17-10-6-5-9-16(17)18(22-19)15-7-3-2-4-8-15/h2-10,14,20H,11-13H2,1H3/t14-/m0/s1. The van der Waals surface area contributed by atoms with Crippen LogP contribution in [-0.2, 0) is 0 Å². The molecule has 4 nitrogen and oxygen atoms in total. The van der Waals surface area contributed by atoms with E-state index in [0.717, 1.165) is 47.7 Å². The summed E-state index contributed by atoms with van der Waals surface area (Å²) >= 11 is 0. The van der Waals surface area contributed by atoms with Gasteiger partial charge in [-0.1, -0.05) is 48.5 Å². The molecule has 1 fully saturated rings. The molecule has 0 saturated carbocycles. The zero-order valence-corrected chi connectivity index (χ0v) is 13.2. The van der Waals surface area contributed by atoms with Crippen LogP contribution in [0, 0.1) is 0 Å². The third-order valence-electron chi connectivity index (χ3n) is 4.40. The molecule has 2 aromatic carbocycles. The summed E-state index contributed by atoms with van der Waals surface area (Å²) in [5.74, 6) is 0.830. The number of benzene rings is 2. The van der Waals surface area contributed by atoms with Crippen LogP contribution in [0.3, 0.4) is 0 Å². The van der Waals surface area contributed by atoms with Crippen molar-refractivity contribution in [3.63, 3.8) is 0 Å². The molecule has 0 spiro atoms. The number of nitrogens with zero attached hydrogens (tertiary/aromatic N) is 3. The van der Waals surface area contributed by atoms with Crippen molar-refractivity contribution in [2.45, 2.75) is 13.0 Å². The molecule has 1 aromatic heterocycles. The number of anilines is 1. The Balaban J connectivity index is 1.90. The highest BCUT2D eigenvalue weighted by atomic mass is 15.3. The Morgan fingerprint density at radius 2 is 1.78 bits per heavy atom. The summed E-state index contributed by atoms with van der Waals surface area (Å²) < 4.78 is 0. The fourth-order valence-electron chi connectivity index (χ4n) is 3.15. The number of rotatable bonds is 2. The lowest BCUT2D eigenvalue weighted by Crippen LogP contribution is -2.50. The lowest BCUT2D eigenvalue weighted by Gasteiger charge is -2.34. The van der Waals surface area contributed by atoms with Gasteiger partial charge in [0.2, 0.25) is 5.95 Å². The molecule has 4 heteroatoms. The van der Waals surface area contributed by atoms with Crippen molar-refractivity contribution in [2.75, 3.05) is 24.5 Å². The smallest absolute Gasteiger partial charge is 0.226 e. The van der Waals surface area contributed by atoms with Gasteiger partial charge in [-0.15, -0.1) is 0 Å². The molecule has 1 N–H and O–H groups in total. The van der Waals surface area contributed by atoms with Gasteiger partial charge in [0.15, 0.2) is 0 Å². The SMILES string of the molecule is C[C@H]1CNCCN1c1nc(-c2ccccc2)c2ccccc2n1. The Bertz CT molecular complexity index is 816. The molecular weight excluding hydrogens is 284 g/mol. The molecule has 0 amide bonds. The fraction of sp³-hybridized carbons (Fsp3) is 0.263. The maximum atomic E-state index is 4.93. The average Bonchev–Trinajstić information content (AvgIpc) is 2.62. The summed E-state index contributed by atoms with van der Waals surface area (Å²) in [4.78, 5) is 12.1. The highest BCUT2D eigenvalue weighted by molar-refractivity contribution is 5.93. The Kier molecular flexibility index (Phi) is 3.67. The minimum absolute atomic E-state index is 0.397. The zero-order valence-electron chi connectivity index (χ0n) is 13.2. The molecular formula is C19H20N4. The number of aromatic nitrogens is 2. The van der Waals surface area contributed by atoms with Gasteiger partial charge in [0.25, 0.3) is 0 Å². The van der Waals surface area contributed by atoms with Crippen molar-refractivity contribution in [1.29, 1.82) is 0 Å². The van der Waals surface area contributed by atoms with E-state index in [-0.39, 0.29) is 0 Å². The van der Waals surface area contributed by atoms with Crippen LogP contribution in [0.4, 0.5) is 5.95 Å². The molecule has 1 atom stereocenters. The molecule has 1 aliphatic heterocycles. The van der Waals surface area contributed by atoms with E-state index in [1.807, 2.05) is 18.2 Å². The summed E-state index contributed by atoms with van der Waals surface area (Å²) in [7, 11) is 0. The maximum Gasteiger partial charge on any atom is 0.226 e. The van der Waals surface area contributed by atoms with Gasteiger partial charge in [-0.25, -0.2) is 9.97 Å². The van der Waals surface area contributed by atoms with Gasteiger partial charge in [0.1, 0.15) is 0 Å². The second-order valence-electron chi connectivity index (χ2n) is 6.00. The van der Waals surface area contributed by atoms with Crippen LogP contribution in [-0.4, -0.2) is 35.6 Å². The molecule has 1 saturated heterocycles. The van der Waals surface area contributed by atoms with Crippen molar-refractivity contribution in [1.82, 2.24) is 15.3 Å². The Labute approximate surface area is 136 Å². The van der Waals surface area contributed by atoms with E-state index in [9.17, 15) is 0 Å². The molecule has 116 valence electrons. The number of para-hydroxylation sites is 1. The van der Waals surface area contributed by atoms with Crippen molar-refractivity contribution < 1.29 is 0 Å². The number of piperazine rings is 1. The van der Waals surface area contributed by atoms with E-state index in [2.05, 4.69) is 53.5 Å². The monoisotopic (exact) mass is 304 g/mol. The molecule has 0 aliphatic carbocycles. The first-order valence-corrected chi connectivity index (χ1v) is 8.12. The third-order valence-corrected chi connectivity index (χ3v) is 4.40. The van der Waals surface area contributed by atoms with E-state index < -0.39 is 0 Å². The molecule has 0 unspecified atom stereocenters. The first-order valence-electron chi connectivity index (χ1n) is 8.12. The Hall–Kier alpha value is -2.46. The van der Waals surface area contributed by atoms with Crippen LogP contribution in [0.25, 0.3) is 22.2 Å². The van der Waals surface area contributed by atoms with Gasteiger partial charge < -0.3 is 10.2 Å². The molecule has 4 rings (SSSR count). The summed E-state index contributed by atoms with van der Waals surface area (Å²) in [5, 5.41) is 4.52. The van der Waals surface area contributed by atoms with E-state index in [4.69, 9.17) is 9.97 Å². The van der Waals surface area contributed by atoms with Crippen LogP contribution in [0.15, 0.2) is 54.6 Å². The molecule has 0 bridgehead atoms. The Morgan fingerprint density at radius 1 is 1.00 bits per heavy atom. The third kappa shape index (κ3) is 2.66. The van der Waals surface area contributed by atoms with E-state index in [0.29, 0.717) is 6.04 Å². The van der Waals surface area contributed by atoms with E-state index >= 15 is 0 Å². The van der Waals surface area contributed by atoms with Crippen molar-refractivity contribution in [3.8, 4) is 11.3 Å². The van der Waals surface area contributed by atoms with E-state index in [1.165, 1.54) is 0 Å². The number of fused-ring (bicyclic) bond motifs is 1. The van der Waals surface area contributed by atoms with Gasteiger partial charge >= 0.3 is 0 Å². The molecule has 3 aromatic rings. The van der Waals surface area contributed by atoms with Gasteiger partial charge in [-0.05, 0) is 13.0 Å². The minimum atomic E-state index is 0.397. The quantitative estimate of drug-likeness (QED) is 0.790. The second-order valence-corrected chi connectivity index (χ2v) is 6.00. The maximum absolute atomic E-state index is 4.93. The van der Waals surface area contributed by atoms with Crippen molar-refractivity contribution >= 4 is 16.9 Å². The normalized spacial score (nSPS) is 18.3. The van der Waals surface area contributed by atoms with Gasteiger partial charge in [-0.2, -0.15) is 0 Å². The second kappa shape index (κ2) is 5.97. The summed E-state index contributed by atoms with van der Waals surface area (Å²) in [6, 6.07) is 19.0. The van der Waals surface area contributed by atoms with Crippen molar-refractivity contribution in [3.05, 3.63) is 54.6 Å². The number of hydrogen-bond acceptors (Lipinski definition) is 4. The highest BCUT2D eigenvalue weighted by Crippen LogP contribution is 2.28. The van der Waals surface area contributed by atoms with Crippen LogP contribution < -0.4 is 10.2 Å². The lowest BCUT2D eigenvalue weighted by atomic mass is 10.1. The average molecular weight is 304 g/mol. The topological polar surface area (TPSA) is 41.0 Å². The van der Waals surface area contributed by atoms with Gasteiger partial charge in [-0.3, -0.25) is 0 Å². The predicted octanol–water partition coefficient (Wildman–Crippen LogP) is 3.09. The highest BCUT2D eigenvalue weighted by Gasteiger charge is 2.22. The van der Waals surface area contributed by atoms with Crippen LogP contribution in [0.5, 0.6) is 0 Å². The molecule has 0 radical (unpaired) electrons. The van der Waals surface area contributed by atoms with Crippen LogP contribution in [0.2, 0.25) is 0 Å². The summed E-state index contributed by atoms with van der Waals surface area (Å²) in [6.45, 7) is 5.10. The number of hydrogen-bond donors (Lipinski definition) is 1. The molecule has 1 aliphatic rings. The molecule has 2 heterocycles. The van der Waals surface area contributed by atoms with Gasteiger partial charge in [0, 0.05) is 36.6 Å². The van der Waals surface area contributed by atoms with Crippen molar-refractivity contribution in [2.24, 2.45) is 0 Å². The lowest BCUT2D eigenvalue weighted by molar-refractivity contribution is 0.493. The first-order chi connectivity index (χ1) is 11.3. The van der Waals surface area contributed by atoms with Crippen LogP contribution >= 0.6 is 0 Å². The Morgan fingerprint density at radius 3 is 2.61 bits per heavy atom. The van der Waals surface area contributed by atoms with E-state index in [1.54, 1.807) is 0 Å². The predicted molar refractivity (Wildman–Crippen MR) is 94.7 cm³/mol. The van der Waals surface area contributed by atoms with Gasteiger partial charge in [0.05, 0.1) is 11.2 Å². The zero-order chi connectivity index (χ0) is 15.6. The summed E-state index contributed by atoms with van der Waals surface area (Å²) in [6.07, 6.45) is 0. The first kappa shape index (κ1) is 14.2. The number of nitrogens with one attached hydrogen (secondary N) is 1. The summed E-state index contributed by atoms with van der Waals surface area (Å²) in [5.41, 5.74) is 3.15.